The number of ether oxygens (including phenoxy) is 3. The van der Waals surface area contributed by atoms with Crippen molar-refractivity contribution in [3.05, 3.63) is 79.9 Å². The number of carbonyl (C=O) groups is 3. The first kappa shape index (κ1) is 30.3. The van der Waals surface area contributed by atoms with Gasteiger partial charge >= 0.3 is 12.2 Å². The van der Waals surface area contributed by atoms with E-state index in [4.69, 9.17) is 14.2 Å². The lowest BCUT2D eigenvalue weighted by Gasteiger charge is -2.24. The summed E-state index contributed by atoms with van der Waals surface area (Å²) < 4.78 is 16.1. The molecule has 14 nitrogen and oxygen atoms in total. The maximum atomic E-state index is 12.8. The number of nitrogens with zero attached hydrogens (tertiary/aromatic N) is 3. The van der Waals surface area contributed by atoms with Gasteiger partial charge in [0.2, 0.25) is 0 Å². The van der Waals surface area contributed by atoms with E-state index in [-0.39, 0.29) is 60.8 Å². The quantitative estimate of drug-likeness (QED) is 0.220. The third-order valence-electron chi connectivity index (χ3n) is 5.80. The first-order valence-corrected chi connectivity index (χ1v) is 13.1. The van der Waals surface area contributed by atoms with E-state index in [2.05, 4.69) is 5.32 Å². The number of non-ortho nitro benzene ring substituents is 2. The van der Waals surface area contributed by atoms with Gasteiger partial charge in [-0.15, -0.1) is 0 Å². The van der Waals surface area contributed by atoms with E-state index < -0.39 is 22.0 Å². The zero-order chi connectivity index (χ0) is 29.1. The maximum Gasteiger partial charge on any atom is 0.410 e. The maximum absolute atomic E-state index is 12.8. The van der Waals surface area contributed by atoms with Crippen LogP contribution in [0.15, 0.2) is 48.5 Å². The molecule has 0 saturated carbocycles. The molecule has 2 amide bonds. The van der Waals surface area contributed by atoms with E-state index >= 15 is 0 Å². The van der Waals surface area contributed by atoms with E-state index in [0.29, 0.717) is 24.1 Å². The zero-order valence-electron chi connectivity index (χ0n) is 21.6. The Morgan fingerprint density at radius 1 is 0.950 bits per heavy atom. The largest absolute Gasteiger partial charge is 0.445 e. The average molecular weight is 577 g/mol. The van der Waals surface area contributed by atoms with E-state index in [0.717, 1.165) is 11.8 Å². The molecule has 3 rings (SSSR count). The minimum Gasteiger partial charge on any atom is -0.445 e. The number of nitrogens with one attached hydrogen (secondary N) is 1. The van der Waals surface area contributed by atoms with E-state index in [1.165, 1.54) is 60.4 Å². The first-order chi connectivity index (χ1) is 19.1. The Morgan fingerprint density at radius 2 is 1.50 bits per heavy atom. The Balaban J connectivity index is 1.41. The normalized spacial score (nSPS) is 16.3. The van der Waals surface area contributed by atoms with Crippen LogP contribution in [0.2, 0.25) is 0 Å². The van der Waals surface area contributed by atoms with Crippen molar-refractivity contribution < 1.29 is 38.4 Å². The topological polar surface area (TPSA) is 180 Å². The molecule has 40 heavy (non-hydrogen) atoms. The van der Waals surface area contributed by atoms with Gasteiger partial charge in [-0.1, -0.05) is 11.8 Å². The van der Waals surface area contributed by atoms with Gasteiger partial charge in [-0.05, 0) is 41.8 Å². The number of alkyl carbamates (subject to hydrolysis) is 1. The molecule has 0 aromatic heterocycles. The number of nitro benzene ring substituents is 2. The summed E-state index contributed by atoms with van der Waals surface area (Å²) in [5.74, 6) is 0. The molecule has 1 heterocycles. The van der Waals surface area contributed by atoms with Gasteiger partial charge in [0.1, 0.15) is 13.2 Å². The van der Waals surface area contributed by atoms with E-state index in [1.807, 2.05) is 0 Å². The van der Waals surface area contributed by atoms with Crippen LogP contribution >= 0.6 is 11.8 Å². The molecule has 214 valence electrons. The predicted molar refractivity (Wildman–Crippen MR) is 143 cm³/mol. The molecule has 2 aromatic rings. The Bertz CT molecular complexity index is 1210. The molecular formula is C25H28N4O10S. The Labute approximate surface area is 233 Å². The smallest absolute Gasteiger partial charge is 0.410 e. The molecule has 2 aromatic carbocycles. The summed E-state index contributed by atoms with van der Waals surface area (Å²) in [5, 5.41) is 23.8. The zero-order valence-corrected chi connectivity index (χ0v) is 22.4. The number of rotatable bonds is 12. The van der Waals surface area contributed by atoms with Crippen LogP contribution in [-0.2, 0) is 32.2 Å². The van der Waals surface area contributed by atoms with Crippen molar-refractivity contribution in [2.45, 2.75) is 37.9 Å². The number of hydrogen-bond donors (Lipinski definition) is 1. The third kappa shape index (κ3) is 9.50. The summed E-state index contributed by atoms with van der Waals surface area (Å²) in [6.07, 6.45) is -0.759. The second-order valence-electron chi connectivity index (χ2n) is 8.75. The lowest BCUT2D eigenvalue weighted by Crippen LogP contribution is -2.39. The molecule has 0 radical (unpaired) electrons. The Hall–Kier alpha value is -4.24. The van der Waals surface area contributed by atoms with Crippen molar-refractivity contribution in [2.75, 3.05) is 26.3 Å². The van der Waals surface area contributed by atoms with Crippen molar-refractivity contribution in [3.8, 4) is 0 Å². The van der Waals surface area contributed by atoms with Crippen LogP contribution in [0.3, 0.4) is 0 Å². The molecule has 0 unspecified atom stereocenters. The summed E-state index contributed by atoms with van der Waals surface area (Å²) in [6, 6.07) is 11.0. The highest BCUT2D eigenvalue weighted by atomic mass is 32.2. The first-order valence-electron chi connectivity index (χ1n) is 12.2. The standard InChI is InChI=1S/C25H28N4O10S/c1-17(30)40-23-12-22(27(13-23)25(32)39-15-19-4-8-21(9-5-19)29(35)36)16-37-11-10-26-24(31)38-14-18-2-6-20(7-3-18)28(33)34/h2-9,22-23H,10-16H2,1H3,(H,26,31)/t22-,23-/m0/s1. The van der Waals surface area contributed by atoms with Gasteiger partial charge in [0, 0.05) is 49.5 Å². The third-order valence-corrected chi connectivity index (χ3v) is 6.80. The van der Waals surface area contributed by atoms with Crippen LogP contribution in [0, 0.1) is 20.2 Å². The number of thioether (sulfide) groups is 1. The molecule has 0 spiro atoms. The van der Waals surface area contributed by atoms with Gasteiger partial charge in [0.05, 0.1) is 29.1 Å². The van der Waals surface area contributed by atoms with Crippen LogP contribution < -0.4 is 5.32 Å². The highest BCUT2D eigenvalue weighted by molar-refractivity contribution is 8.14. The number of hydrogen-bond acceptors (Lipinski definition) is 11. The molecule has 0 aliphatic carbocycles. The molecule has 0 bridgehead atoms. The fourth-order valence-electron chi connectivity index (χ4n) is 3.88. The minimum atomic E-state index is -0.683. The summed E-state index contributed by atoms with van der Waals surface area (Å²) in [7, 11) is 0. The average Bonchev–Trinajstić information content (AvgIpc) is 3.32. The highest BCUT2D eigenvalue weighted by Crippen LogP contribution is 2.29. The SMILES string of the molecule is CC(=O)S[C@H]1C[C@@H](COCCNC(=O)OCc2ccc([N+](=O)[O-])cc2)N(C(=O)OCc2ccc([N+](=O)[O-])cc2)C1. The van der Waals surface area contributed by atoms with Crippen molar-refractivity contribution in [1.82, 2.24) is 10.2 Å². The van der Waals surface area contributed by atoms with Crippen LogP contribution in [0.25, 0.3) is 0 Å². The van der Waals surface area contributed by atoms with Crippen molar-refractivity contribution >= 4 is 40.4 Å². The number of likely N-dealkylation sites (tertiary alicyclic amines) is 1. The van der Waals surface area contributed by atoms with Crippen molar-refractivity contribution in [2.24, 2.45) is 0 Å². The Morgan fingerprint density at radius 3 is 2.02 bits per heavy atom. The highest BCUT2D eigenvalue weighted by Gasteiger charge is 2.37. The molecule has 1 N–H and O–H groups in total. The second-order valence-corrected chi connectivity index (χ2v) is 10.2. The van der Waals surface area contributed by atoms with Crippen LogP contribution in [0.4, 0.5) is 21.0 Å². The van der Waals surface area contributed by atoms with Crippen LogP contribution in [0.5, 0.6) is 0 Å². The van der Waals surface area contributed by atoms with Gasteiger partial charge < -0.3 is 24.4 Å². The lowest BCUT2D eigenvalue weighted by atomic mass is 10.2. The molecular weight excluding hydrogens is 548 g/mol. The van der Waals surface area contributed by atoms with Gasteiger partial charge in [0.15, 0.2) is 5.12 Å². The molecule has 1 aliphatic heterocycles. The molecule has 1 aliphatic rings. The summed E-state index contributed by atoms with van der Waals surface area (Å²) in [4.78, 5) is 58.2. The summed E-state index contributed by atoms with van der Waals surface area (Å²) in [5.41, 5.74) is 1.06. The lowest BCUT2D eigenvalue weighted by molar-refractivity contribution is -0.385. The second kappa shape index (κ2) is 14.8. The van der Waals surface area contributed by atoms with Crippen LogP contribution in [-0.4, -0.2) is 69.6 Å². The van der Waals surface area contributed by atoms with Gasteiger partial charge in [-0.2, -0.15) is 0 Å². The molecule has 1 fully saturated rings. The van der Waals surface area contributed by atoms with E-state index in [9.17, 15) is 34.6 Å². The van der Waals surface area contributed by atoms with E-state index in [1.54, 1.807) is 0 Å². The fraction of sp³-hybridized carbons (Fsp3) is 0.400. The monoisotopic (exact) mass is 576 g/mol. The van der Waals surface area contributed by atoms with Crippen molar-refractivity contribution in [3.63, 3.8) is 0 Å². The molecule has 15 heteroatoms. The summed E-state index contributed by atoms with van der Waals surface area (Å²) in [6.45, 7) is 2.06. The molecule has 1 saturated heterocycles. The number of carbonyl (C=O) groups excluding carboxylic acids is 3. The van der Waals surface area contributed by atoms with Gasteiger partial charge in [-0.25, -0.2) is 9.59 Å². The van der Waals surface area contributed by atoms with Gasteiger partial charge in [0.25, 0.3) is 11.4 Å². The molecule has 2 atom stereocenters. The predicted octanol–water partition coefficient (Wildman–Crippen LogP) is 3.81. The Kier molecular flexibility index (Phi) is 11.2. The number of nitro groups is 2. The van der Waals surface area contributed by atoms with Gasteiger partial charge in [-0.3, -0.25) is 25.0 Å². The minimum absolute atomic E-state index is 0.0566. The fourth-order valence-corrected chi connectivity index (χ4v) is 4.90. The summed E-state index contributed by atoms with van der Waals surface area (Å²) >= 11 is 1.14. The number of benzene rings is 2. The van der Waals surface area contributed by atoms with Crippen molar-refractivity contribution in [1.29, 1.82) is 0 Å². The van der Waals surface area contributed by atoms with Crippen LogP contribution in [0.1, 0.15) is 24.5 Å². The number of amides is 2.